The van der Waals surface area contributed by atoms with Crippen molar-refractivity contribution in [2.45, 2.75) is 39.8 Å². The van der Waals surface area contributed by atoms with Crippen molar-refractivity contribution in [1.29, 1.82) is 0 Å². The third kappa shape index (κ3) is 5.04. The van der Waals surface area contributed by atoms with Gasteiger partial charge in [-0.1, -0.05) is 0 Å². The topological polar surface area (TPSA) is 93.5 Å². The van der Waals surface area contributed by atoms with Crippen LogP contribution in [0.2, 0.25) is 0 Å². The molecule has 2 amide bonds. The molecule has 0 aliphatic carbocycles. The minimum absolute atomic E-state index is 0.117. The maximum Gasteiger partial charge on any atom is 0.410 e. The van der Waals surface area contributed by atoms with E-state index in [-0.39, 0.29) is 24.6 Å². The summed E-state index contributed by atoms with van der Waals surface area (Å²) in [5.74, 6) is 0.277. The predicted molar refractivity (Wildman–Crippen MR) is 100 cm³/mol. The lowest BCUT2D eigenvalue weighted by molar-refractivity contribution is -0.122. The molecule has 142 valence electrons. The molecule has 2 rings (SSSR count). The number of aromatic nitrogens is 2. The van der Waals surface area contributed by atoms with E-state index in [1.54, 1.807) is 33.8 Å². The summed E-state index contributed by atoms with van der Waals surface area (Å²) in [7, 11) is 1.50. The lowest BCUT2D eigenvalue weighted by Crippen LogP contribution is -2.42. The third-order valence-electron chi connectivity index (χ3n) is 3.52. The summed E-state index contributed by atoms with van der Waals surface area (Å²) in [5, 5.41) is 5.11. The Morgan fingerprint density at radius 3 is 2.73 bits per heavy atom. The first kappa shape index (κ1) is 19.9. The van der Waals surface area contributed by atoms with Crippen LogP contribution in [0.15, 0.2) is 16.2 Å². The number of rotatable bonds is 5. The zero-order valence-electron chi connectivity index (χ0n) is 15.7. The number of nitrogens with zero attached hydrogens (tertiary/aromatic N) is 3. The van der Waals surface area contributed by atoms with E-state index in [4.69, 9.17) is 4.74 Å². The van der Waals surface area contributed by atoms with E-state index in [0.717, 1.165) is 0 Å². The van der Waals surface area contributed by atoms with Gasteiger partial charge in [-0.2, -0.15) is 0 Å². The fourth-order valence-electron chi connectivity index (χ4n) is 2.30. The van der Waals surface area contributed by atoms with Crippen LogP contribution >= 0.6 is 11.3 Å². The summed E-state index contributed by atoms with van der Waals surface area (Å²) in [5.41, 5.74) is -0.734. The highest BCUT2D eigenvalue weighted by Gasteiger charge is 2.21. The molecule has 0 unspecified atom stereocenters. The Morgan fingerprint density at radius 1 is 1.38 bits per heavy atom. The normalized spacial score (nSPS) is 11.4. The highest BCUT2D eigenvalue weighted by Crippen LogP contribution is 2.14. The van der Waals surface area contributed by atoms with Gasteiger partial charge < -0.3 is 15.0 Å². The average Bonchev–Trinajstić information content (AvgIpc) is 2.97. The number of aryl methyl sites for hydroxylation is 1. The van der Waals surface area contributed by atoms with Crippen molar-refractivity contribution in [2.75, 3.05) is 20.1 Å². The third-order valence-corrected chi connectivity index (χ3v) is 4.32. The van der Waals surface area contributed by atoms with Gasteiger partial charge in [0.05, 0.1) is 5.39 Å². The van der Waals surface area contributed by atoms with Crippen molar-refractivity contribution >= 4 is 33.6 Å². The molecule has 0 aliphatic rings. The van der Waals surface area contributed by atoms with Gasteiger partial charge in [-0.25, -0.2) is 9.78 Å². The Kier molecular flexibility index (Phi) is 6.01. The Morgan fingerprint density at radius 2 is 2.08 bits per heavy atom. The Balaban J connectivity index is 1.89. The molecule has 1 N–H and O–H groups in total. The van der Waals surface area contributed by atoms with Crippen LogP contribution in [0.4, 0.5) is 4.79 Å². The van der Waals surface area contributed by atoms with Gasteiger partial charge >= 0.3 is 6.09 Å². The van der Waals surface area contributed by atoms with Crippen LogP contribution in [0.3, 0.4) is 0 Å². The van der Waals surface area contributed by atoms with Gasteiger partial charge in [0.1, 0.15) is 22.8 Å². The molecule has 0 spiro atoms. The molecule has 8 nitrogen and oxygen atoms in total. The molecule has 0 bridgehead atoms. The number of hydrogen-bond acceptors (Lipinski definition) is 6. The molecule has 0 fully saturated rings. The van der Waals surface area contributed by atoms with E-state index in [1.807, 2.05) is 5.38 Å². The molecule has 26 heavy (non-hydrogen) atoms. The zero-order valence-corrected chi connectivity index (χ0v) is 16.5. The molecule has 2 aromatic heterocycles. The SMILES string of the molecule is Cc1nc2sccc2c(=O)n1CCNC(=O)CN(C)C(=O)OC(C)(C)C. The quantitative estimate of drug-likeness (QED) is 0.853. The number of thiophene rings is 1. The Bertz CT molecular complexity index is 866. The van der Waals surface area contributed by atoms with Crippen molar-refractivity contribution in [3.05, 3.63) is 27.6 Å². The fourth-order valence-corrected chi connectivity index (χ4v) is 3.10. The number of nitrogens with one attached hydrogen (secondary N) is 1. The average molecular weight is 380 g/mol. The predicted octanol–water partition coefficient (Wildman–Crippen LogP) is 1.75. The van der Waals surface area contributed by atoms with Crippen LogP contribution in [0.5, 0.6) is 0 Å². The second kappa shape index (κ2) is 7.86. The number of amides is 2. The van der Waals surface area contributed by atoms with Crippen LogP contribution in [0, 0.1) is 6.92 Å². The summed E-state index contributed by atoms with van der Waals surface area (Å²) < 4.78 is 6.73. The van der Waals surface area contributed by atoms with Crippen molar-refractivity contribution in [1.82, 2.24) is 19.8 Å². The van der Waals surface area contributed by atoms with Gasteiger partial charge in [-0.15, -0.1) is 11.3 Å². The van der Waals surface area contributed by atoms with Gasteiger partial charge in [0.25, 0.3) is 5.56 Å². The van der Waals surface area contributed by atoms with Gasteiger partial charge in [0.2, 0.25) is 5.91 Å². The molecule has 0 saturated carbocycles. The number of hydrogen-bond donors (Lipinski definition) is 1. The molecule has 9 heteroatoms. The fraction of sp³-hybridized carbons (Fsp3) is 0.529. The number of carbonyl (C=O) groups is 2. The molecule has 0 radical (unpaired) electrons. The summed E-state index contributed by atoms with van der Waals surface area (Å²) in [6.45, 7) is 7.50. The van der Waals surface area contributed by atoms with Crippen LogP contribution in [0.1, 0.15) is 26.6 Å². The maximum absolute atomic E-state index is 12.4. The molecular weight excluding hydrogens is 356 g/mol. The maximum atomic E-state index is 12.4. The number of fused-ring (bicyclic) bond motifs is 1. The van der Waals surface area contributed by atoms with E-state index in [9.17, 15) is 14.4 Å². The first-order chi connectivity index (χ1) is 12.1. The van der Waals surface area contributed by atoms with E-state index in [2.05, 4.69) is 10.3 Å². The largest absolute Gasteiger partial charge is 0.444 e. The summed E-state index contributed by atoms with van der Waals surface area (Å²) in [6, 6.07) is 1.75. The molecular formula is C17H24N4O4S. The Hall–Kier alpha value is -2.42. The minimum atomic E-state index is -0.617. The van der Waals surface area contributed by atoms with Gasteiger partial charge in [0.15, 0.2) is 0 Å². The lowest BCUT2D eigenvalue weighted by Gasteiger charge is -2.24. The van der Waals surface area contributed by atoms with Crippen LogP contribution in [-0.4, -0.2) is 52.2 Å². The highest BCUT2D eigenvalue weighted by atomic mass is 32.1. The van der Waals surface area contributed by atoms with E-state index < -0.39 is 11.7 Å². The van der Waals surface area contributed by atoms with Crippen LogP contribution in [-0.2, 0) is 16.1 Å². The molecule has 0 atom stereocenters. The molecule has 2 aromatic rings. The standard InChI is InChI=1S/C17H24N4O4S/c1-11-19-14-12(6-9-26-14)15(23)21(11)8-7-18-13(22)10-20(5)16(24)25-17(2,3)4/h6,9H,7-8,10H2,1-5H3,(H,18,22). The number of carbonyl (C=O) groups excluding carboxylic acids is 2. The van der Waals surface area contributed by atoms with Crippen molar-refractivity contribution in [2.24, 2.45) is 0 Å². The second-order valence-corrected chi connectivity index (χ2v) is 7.84. The number of ether oxygens (including phenoxy) is 1. The van der Waals surface area contributed by atoms with Crippen molar-refractivity contribution in [3.8, 4) is 0 Å². The van der Waals surface area contributed by atoms with Gasteiger partial charge in [-0.05, 0) is 39.1 Å². The number of likely N-dealkylation sites (N-methyl/N-ethyl adjacent to an activating group) is 1. The van der Waals surface area contributed by atoms with Crippen LogP contribution < -0.4 is 10.9 Å². The zero-order chi connectivity index (χ0) is 19.5. The van der Waals surface area contributed by atoms with Gasteiger partial charge in [0, 0.05) is 20.1 Å². The lowest BCUT2D eigenvalue weighted by atomic mass is 10.2. The Labute approximate surface area is 155 Å². The van der Waals surface area contributed by atoms with Crippen molar-refractivity contribution < 1.29 is 14.3 Å². The van der Waals surface area contributed by atoms with E-state index >= 15 is 0 Å². The summed E-state index contributed by atoms with van der Waals surface area (Å²) in [4.78, 5) is 42.6. The van der Waals surface area contributed by atoms with Crippen molar-refractivity contribution in [3.63, 3.8) is 0 Å². The van der Waals surface area contributed by atoms with Gasteiger partial charge in [-0.3, -0.25) is 14.2 Å². The van der Waals surface area contributed by atoms with E-state index in [0.29, 0.717) is 22.6 Å². The highest BCUT2D eigenvalue weighted by molar-refractivity contribution is 7.16. The first-order valence-corrected chi connectivity index (χ1v) is 9.12. The summed E-state index contributed by atoms with van der Waals surface area (Å²) in [6.07, 6.45) is -0.563. The minimum Gasteiger partial charge on any atom is -0.444 e. The first-order valence-electron chi connectivity index (χ1n) is 8.24. The van der Waals surface area contributed by atoms with Crippen LogP contribution in [0.25, 0.3) is 10.2 Å². The van der Waals surface area contributed by atoms with E-state index in [1.165, 1.54) is 27.9 Å². The molecule has 0 saturated heterocycles. The molecule has 2 heterocycles. The monoisotopic (exact) mass is 380 g/mol. The summed E-state index contributed by atoms with van der Waals surface area (Å²) >= 11 is 1.42. The molecule has 0 aromatic carbocycles. The molecule has 0 aliphatic heterocycles. The smallest absolute Gasteiger partial charge is 0.410 e. The second-order valence-electron chi connectivity index (χ2n) is 6.94.